The van der Waals surface area contributed by atoms with Crippen LogP contribution in [0.4, 0.5) is 10.5 Å². The van der Waals surface area contributed by atoms with Crippen LogP contribution in [-0.2, 0) is 6.42 Å². The average Bonchev–Trinajstić information content (AvgIpc) is 2.49. The van der Waals surface area contributed by atoms with Crippen molar-refractivity contribution in [2.45, 2.75) is 18.9 Å². The summed E-state index contributed by atoms with van der Waals surface area (Å²) in [5.41, 5.74) is 2.23. The largest absolute Gasteiger partial charge is 0.335 e. The van der Waals surface area contributed by atoms with Crippen LogP contribution in [-0.4, -0.2) is 18.6 Å². The first-order chi connectivity index (χ1) is 9.83. The number of urea groups is 1. The van der Waals surface area contributed by atoms with Gasteiger partial charge in [-0.25, -0.2) is 4.79 Å². The second-order valence-electron chi connectivity index (χ2n) is 5.11. The molecule has 2 aromatic rings. The van der Waals surface area contributed by atoms with E-state index in [1.54, 1.807) is 0 Å². The highest BCUT2D eigenvalue weighted by atomic mass is 16.2. The first-order valence-corrected chi connectivity index (χ1v) is 7.00. The van der Waals surface area contributed by atoms with E-state index < -0.39 is 0 Å². The lowest BCUT2D eigenvalue weighted by atomic mass is 10.0. The number of benzene rings is 2. The molecule has 1 heterocycles. The predicted molar refractivity (Wildman–Crippen MR) is 80.9 cm³/mol. The molecule has 1 saturated heterocycles. The van der Waals surface area contributed by atoms with Gasteiger partial charge in [0, 0.05) is 18.3 Å². The van der Waals surface area contributed by atoms with E-state index in [4.69, 9.17) is 0 Å². The Morgan fingerprint density at radius 1 is 1.00 bits per heavy atom. The van der Waals surface area contributed by atoms with Crippen molar-refractivity contribution in [3.8, 4) is 0 Å². The van der Waals surface area contributed by atoms with Crippen LogP contribution in [0.15, 0.2) is 60.7 Å². The van der Waals surface area contributed by atoms with Gasteiger partial charge < -0.3 is 5.32 Å². The van der Waals surface area contributed by atoms with Crippen LogP contribution >= 0.6 is 0 Å². The average molecular weight is 266 g/mol. The van der Waals surface area contributed by atoms with Crippen molar-refractivity contribution in [1.82, 2.24) is 5.32 Å². The van der Waals surface area contributed by atoms with Crippen molar-refractivity contribution in [3.63, 3.8) is 0 Å². The molecule has 1 fully saturated rings. The van der Waals surface area contributed by atoms with Gasteiger partial charge >= 0.3 is 6.03 Å². The Morgan fingerprint density at radius 3 is 2.30 bits per heavy atom. The summed E-state index contributed by atoms with van der Waals surface area (Å²) in [6.07, 6.45) is 1.87. The van der Waals surface area contributed by atoms with E-state index in [0.717, 1.165) is 25.1 Å². The fourth-order valence-electron chi connectivity index (χ4n) is 2.62. The van der Waals surface area contributed by atoms with Gasteiger partial charge in [0.15, 0.2) is 0 Å². The number of carbonyl (C=O) groups is 1. The summed E-state index contributed by atoms with van der Waals surface area (Å²) >= 11 is 0. The standard InChI is InChI=1S/C17H18N2O/c20-17-18-15(13-14-7-3-1-4-8-14)11-12-19(17)16-9-5-2-6-10-16/h1-10,15H,11-13H2,(H,18,20)/t15-/m1/s1. The highest BCUT2D eigenvalue weighted by Gasteiger charge is 2.25. The van der Waals surface area contributed by atoms with Crippen molar-refractivity contribution in [2.75, 3.05) is 11.4 Å². The van der Waals surface area contributed by atoms with E-state index in [1.165, 1.54) is 5.56 Å². The van der Waals surface area contributed by atoms with E-state index in [0.29, 0.717) is 0 Å². The topological polar surface area (TPSA) is 32.3 Å². The molecule has 1 aliphatic rings. The molecule has 0 bridgehead atoms. The summed E-state index contributed by atoms with van der Waals surface area (Å²) in [6.45, 7) is 0.771. The molecule has 0 unspecified atom stereocenters. The zero-order valence-corrected chi connectivity index (χ0v) is 11.3. The Labute approximate surface area is 119 Å². The maximum absolute atomic E-state index is 12.2. The minimum absolute atomic E-state index is 0.00313. The van der Waals surface area contributed by atoms with Crippen LogP contribution in [0.25, 0.3) is 0 Å². The fourth-order valence-corrected chi connectivity index (χ4v) is 2.62. The maximum Gasteiger partial charge on any atom is 0.322 e. The SMILES string of the molecule is O=C1N[C@@H](Cc2ccccc2)CCN1c1ccccc1. The summed E-state index contributed by atoms with van der Waals surface area (Å²) in [4.78, 5) is 14.0. The molecule has 1 N–H and O–H groups in total. The molecule has 1 aliphatic heterocycles. The smallest absolute Gasteiger partial charge is 0.322 e. The highest BCUT2D eigenvalue weighted by molar-refractivity contribution is 5.92. The summed E-state index contributed by atoms with van der Waals surface area (Å²) < 4.78 is 0. The van der Waals surface area contributed by atoms with Crippen LogP contribution in [0.1, 0.15) is 12.0 Å². The van der Waals surface area contributed by atoms with E-state index in [2.05, 4.69) is 17.4 Å². The molecule has 2 aromatic carbocycles. The highest BCUT2D eigenvalue weighted by Crippen LogP contribution is 2.19. The molecular formula is C17H18N2O. The summed E-state index contributed by atoms with van der Waals surface area (Å²) in [5, 5.41) is 3.10. The Balaban J connectivity index is 1.64. The van der Waals surface area contributed by atoms with Crippen LogP contribution in [0.5, 0.6) is 0 Å². The van der Waals surface area contributed by atoms with Crippen LogP contribution in [0.2, 0.25) is 0 Å². The lowest BCUT2D eigenvalue weighted by molar-refractivity contribution is 0.236. The zero-order valence-electron chi connectivity index (χ0n) is 11.3. The van der Waals surface area contributed by atoms with Crippen LogP contribution in [0, 0.1) is 0 Å². The van der Waals surface area contributed by atoms with E-state index >= 15 is 0 Å². The first-order valence-electron chi connectivity index (χ1n) is 7.00. The Bertz CT molecular complexity index is 568. The molecule has 20 heavy (non-hydrogen) atoms. The molecule has 3 rings (SSSR count). The molecule has 2 amide bonds. The maximum atomic E-state index is 12.2. The minimum Gasteiger partial charge on any atom is -0.335 e. The molecule has 0 aromatic heterocycles. The summed E-state index contributed by atoms with van der Waals surface area (Å²) in [5.74, 6) is 0. The number of nitrogens with zero attached hydrogens (tertiary/aromatic N) is 1. The third kappa shape index (κ3) is 2.82. The Hall–Kier alpha value is -2.29. The number of amides is 2. The summed E-state index contributed by atoms with van der Waals surface area (Å²) in [7, 11) is 0. The normalized spacial score (nSPS) is 18.7. The quantitative estimate of drug-likeness (QED) is 0.909. The van der Waals surface area contributed by atoms with Gasteiger partial charge in [-0.1, -0.05) is 48.5 Å². The molecule has 0 saturated carbocycles. The third-order valence-corrected chi connectivity index (χ3v) is 3.67. The van der Waals surface area contributed by atoms with Crippen molar-refractivity contribution in [3.05, 3.63) is 66.2 Å². The van der Waals surface area contributed by atoms with E-state index in [9.17, 15) is 4.79 Å². The molecule has 0 aliphatic carbocycles. The van der Waals surface area contributed by atoms with Gasteiger partial charge in [-0.05, 0) is 30.5 Å². The van der Waals surface area contributed by atoms with E-state index in [-0.39, 0.29) is 12.1 Å². The van der Waals surface area contributed by atoms with Gasteiger partial charge in [0.05, 0.1) is 0 Å². The van der Waals surface area contributed by atoms with Crippen molar-refractivity contribution in [1.29, 1.82) is 0 Å². The second kappa shape index (κ2) is 5.78. The van der Waals surface area contributed by atoms with Crippen molar-refractivity contribution < 1.29 is 4.79 Å². The molecule has 1 atom stereocenters. The molecule has 0 spiro atoms. The van der Waals surface area contributed by atoms with Gasteiger partial charge in [-0.3, -0.25) is 4.90 Å². The molecule has 3 nitrogen and oxygen atoms in total. The molecule has 102 valence electrons. The lowest BCUT2D eigenvalue weighted by Crippen LogP contribution is -2.52. The van der Waals surface area contributed by atoms with E-state index in [1.807, 2.05) is 53.4 Å². The summed E-state index contributed by atoms with van der Waals surface area (Å²) in [6, 6.07) is 20.3. The fraction of sp³-hybridized carbons (Fsp3) is 0.235. The third-order valence-electron chi connectivity index (χ3n) is 3.67. The van der Waals surface area contributed by atoms with Gasteiger partial charge in [0.1, 0.15) is 0 Å². The number of hydrogen-bond acceptors (Lipinski definition) is 1. The molecule has 0 radical (unpaired) electrons. The number of anilines is 1. The monoisotopic (exact) mass is 266 g/mol. The lowest BCUT2D eigenvalue weighted by Gasteiger charge is -2.33. The van der Waals surface area contributed by atoms with Gasteiger partial charge in [0.25, 0.3) is 0 Å². The molecule has 3 heteroatoms. The minimum atomic E-state index is 0.00313. The van der Waals surface area contributed by atoms with Crippen LogP contribution < -0.4 is 10.2 Å². The van der Waals surface area contributed by atoms with Gasteiger partial charge in [-0.2, -0.15) is 0 Å². The first kappa shape index (κ1) is 12.7. The van der Waals surface area contributed by atoms with Gasteiger partial charge in [-0.15, -0.1) is 0 Å². The van der Waals surface area contributed by atoms with Crippen LogP contribution in [0.3, 0.4) is 0 Å². The second-order valence-corrected chi connectivity index (χ2v) is 5.11. The predicted octanol–water partition coefficient (Wildman–Crippen LogP) is 3.22. The van der Waals surface area contributed by atoms with Crippen molar-refractivity contribution >= 4 is 11.7 Å². The number of carbonyl (C=O) groups excluding carboxylic acids is 1. The molecular weight excluding hydrogens is 248 g/mol. The van der Waals surface area contributed by atoms with Crippen molar-refractivity contribution in [2.24, 2.45) is 0 Å². The van der Waals surface area contributed by atoms with Gasteiger partial charge in [0.2, 0.25) is 0 Å². The number of hydrogen-bond donors (Lipinski definition) is 1. The number of nitrogens with one attached hydrogen (secondary N) is 1. The number of rotatable bonds is 3. The Kier molecular flexibility index (Phi) is 3.68. The zero-order chi connectivity index (χ0) is 13.8. The number of para-hydroxylation sites is 1. The Morgan fingerprint density at radius 2 is 1.65 bits per heavy atom.